The predicted molar refractivity (Wildman–Crippen MR) is 294 cm³/mol. The molecular weight excluding hydrogens is 1150 g/mol. The van der Waals surface area contributed by atoms with E-state index in [0.717, 1.165) is 48.5 Å². The lowest BCUT2D eigenvalue weighted by atomic mass is 9.82. The molecule has 0 atom stereocenters. The van der Waals surface area contributed by atoms with Gasteiger partial charge in [0.1, 0.15) is 0 Å². The highest BCUT2D eigenvalue weighted by atomic mass is 35.5. The van der Waals surface area contributed by atoms with Crippen LogP contribution < -0.4 is 32.7 Å². The first-order valence-electron chi connectivity index (χ1n) is 23.6. The van der Waals surface area contributed by atoms with E-state index in [-0.39, 0.29) is 99.3 Å². The summed E-state index contributed by atoms with van der Waals surface area (Å²) in [6.07, 6.45) is -10.3. The number of carbonyl (C=O) groups excluding carboxylic acids is 7. The quantitative estimate of drug-likeness (QED) is 0.0597. The summed E-state index contributed by atoms with van der Waals surface area (Å²) >= 11 is 25.8. The number of rotatable bonds is 9. The van der Waals surface area contributed by atoms with Gasteiger partial charge in [0.2, 0.25) is 0 Å². The molecule has 0 heterocycles. The standard InChI is InChI=1S/C58H32Cl4F6N6O7/c59-42-44(61)48(39-36(46(42)69)21-28-5-1-2-6-31(28)50(39)75)73-55(80)26-13-9-24(10-14-26)53(78)71-29-17-19-32(37(22-29)57(63,64)65)33-20-18-30(23-38(33)58(66,67)68)72-54(79)25-11-15-27(16-12-25)56(81)74-49-41-40(47(70)43(60)45(49)62)51(76)34-7-3-4-8-35(34)52(41)77/h1-20,22-23H,21,69-70H2,(H,71,78)(H,72,79)(H,73,80)(H,74,81). The summed E-state index contributed by atoms with van der Waals surface area (Å²) in [5.74, 6) is -5.40. The average molecular weight is 1180 g/mol. The molecule has 0 unspecified atom stereocenters. The fraction of sp³-hybridized carbons (Fsp3) is 0.0517. The Balaban J connectivity index is 0.836. The molecule has 2 aliphatic carbocycles. The number of amides is 4. The molecule has 406 valence electrons. The van der Waals surface area contributed by atoms with Crippen LogP contribution in [0.5, 0.6) is 0 Å². The highest BCUT2D eigenvalue weighted by molar-refractivity contribution is 6.49. The summed E-state index contributed by atoms with van der Waals surface area (Å²) in [5.41, 5.74) is 6.31. The minimum Gasteiger partial charge on any atom is -0.397 e. The van der Waals surface area contributed by atoms with E-state index in [9.17, 15) is 59.9 Å². The van der Waals surface area contributed by atoms with Gasteiger partial charge in [0.25, 0.3) is 23.6 Å². The summed E-state index contributed by atoms with van der Waals surface area (Å²) in [5, 5.41) is 8.71. The molecule has 0 spiro atoms. The first-order chi connectivity index (χ1) is 38.3. The Labute approximate surface area is 473 Å². The number of anilines is 6. The van der Waals surface area contributed by atoms with E-state index in [2.05, 4.69) is 21.3 Å². The maximum Gasteiger partial charge on any atom is 0.417 e. The van der Waals surface area contributed by atoms with Crippen LogP contribution in [0.3, 0.4) is 0 Å². The van der Waals surface area contributed by atoms with Crippen molar-refractivity contribution in [3.8, 4) is 11.1 Å². The fourth-order valence-electron chi connectivity index (χ4n) is 9.47. The van der Waals surface area contributed by atoms with Gasteiger partial charge in [-0.05, 0) is 95.1 Å². The molecule has 4 amide bonds. The SMILES string of the molecule is Nc1c(Cl)c(Cl)c(NC(=O)c2ccc(C(=O)Nc3ccc(-c4ccc(NC(=O)c5ccc(C(=O)Nc6c(Cl)c(Cl)c(N)c7c6C(=O)c6ccccc6C7=O)cc5)cc4C(F)(F)F)c(C(F)(F)F)c3)cc2)c2c1Cc1ccccc1C2=O. The van der Waals surface area contributed by atoms with Crippen LogP contribution >= 0.6 is 46.4 Å². The van der Waals surface area contributed by atoms with Crippen molar-refractivity contribution in [1.29, 1.82) is 0 Å². The Morgan fingerprint density at radius 1 is 0.407 bits per heavy atom. The topological polar surface area (TPSA) is 220 Å². The third kappa shape index (κ3) is 10.1. The molecule has 10 rings (SSSR count). The molecule has 13 nitrogen and oxygen atoms in total. The lowest BCUT2D eigenvalue weighted by Crippen LogP contribution is -2.26. The third-order valence-electron chi connectivity index (χ3n) is 13.4. The van der Waals surface area contributed by atoms with Crippen LogP contribution in [0.25, 0.3) is 11.1 Å². The zero-order valence-corrected chi connectivity index (χ0v) is 43.7. The number of nitrogens with one attached hydrogen (secondary N) is 4. The molecule has 23 heteroatoms. The molecule has 8 N–H and O–H groups in total. The van der Waals surface area contributed by atoms with Crippen molar-refractivity contribution in [2.75, 3.05) is 32.7 Å². The van der Waals surface area contributed by atoms with Gasteiger partial charge in [-0.25, -0.2) is 0 Å². The molecule has 8 aromatic rings. The molecule has 81 heavy (non-hydrogen) atoms. The zero-order chi connectivity index (χ0) is 58.1. The predicted octanol–water partition coefficient (Wildman–Crippen LogP) is 14.1. The number of benzene rings is 8. The number of hydrogen-bond donors (Lipinski definition) is 6. The van der Waals surface area contributed by atoms with Crippen molar-refractivity contribution in [3.05, 3.63) is 231 Å². The van der Waals surface area contributed by atoms with Crippen LogP contribution in [-0.2, 0) is 18.8 Å². The summed E-state index contributed by atoms with van der Waals surface area (Å²) in [6.45, 7) is 0. The second-order valence-corrected chi connectivity index (χ2v) is 19.8. The highest BCUT2D eigenvalue weighted by Crippen LogP contribution is 2.48. The van der Waals surface area contributed by atoms with Crippen LogP contribution in [0.4, 0.5) is 60.5 Å². The number of halogens is 10. The number of hydrogen-bond acceptors (Lipinski definition) is 9. The second-order valence-electron chi connectivity index (χ2n) is 18.3. The van der Waals surface area contributed by atoms with Gasteiger partial charge in [-0.2, -0.15) is 26.3 Å². The monoisotopic (exact) mass is 1180 g/mol. The van der Waals surface area contributed by atoms with Gasteiger partial charge in [0.15, 0.2) is 17.3 Å². The summed E-state index contributed by atoms with van der Waals surface area (Å²) < 4.78 is 88.5. The van der Waals surface area contributed by atoms with E-state index >= 15 is 0 Å². The first kappa shape index (κ1) is 55.3. The lowest BCUT2D eigenvalue weighted by Gasteiger charge is -2.25. The minimum absolute atomic E-state index is 0.0227. The van der Waals surface area contributed by atoms with Gasteiger partial charge >= 0.3 is 12.4 Å². The smallest absolute Gasteiger partial charge is 0.397 e. The Bertz CT molecular complexity index is 4120. The normalized spacial score (nSPS) is 12.6. The fourth-order valence-corrected chi connectivity index (χ4v) is 10.4. The van der Waals surface area contributed by atoms with Crippen LogP contribution in [0.2, 0.25) is 20.1 Å². The molecule has 0 bridgehead atoms. The summed E-state index contributed by atoms with van der Waals surface area (Å²) in [4.78, 5) is 94.6. The number of nitrogens with two attached hydrogens (primary N) is 2. The van der Waals surface area contributed by atoms with Crippen LogP contribution in [0.15, 0.2) is 133 Å². The Kier molecular flexibility index (Phi) is 14.3. The van der Waals surface area contributed by atoms with Crippen molar-refractivity contribution in [2.24, 2.45) is 0 Å². The molecule has 0 fully saturated rings. The van der Waals surface area contributed by atoms with Crippen molar-refractivity contribution in [3.63, 3.8) is 0 Å². The zero-order valence-electron chi connectivity index (χ0n) is 40.7. The molecule has 0 aliphatic heterocycles. The summed E-state index contributed by atoms with van der Waals surface area (Å²) in [7, 11) is 0. The number of fused-ring (bicyclic) bond motifs is 4. The Morgan fingerprint density at radius 3 is 1.20 bits per heavy atom. The molecule has 0 aromatic heterocycles. The molecule has 0 radical (unpaired) electrons. The van der Waals surface area contributed by atoms with Gasteiger partial charge in [-0.1, -0.05) is 107 Å². The van der Waals surface area contributed by atoms with Gasteiger partial charge < -0.3 is 32.7 Å². The molecule has 2 aliphatic rings. The van der Waals surface area contributed by atoms with E-state index in [0.29, 0.717) is 28.8 Å². The Hall–Kier alpha value is -9.01. The van der Waals surface area contributed by atoms with Gasteiger partial charge in [-0.15, -0.1) is 0 Å². The second kappa shape index (κ2) is 20.9. The summed E-state index contributed by atoms with van der Waals surface area (Å²) in [6, 6.07) is 26.3. The van der Waals surface area contributed by atoms with Crippen molar-refractivity contribution >= 4 is 122 Å². The number of carbonyl (C=O) groups is 7. The maximum atomic E-state index is 14.8. The first-order valence-corrected chi connectivity index (χ1v) is 25.1. The van der Waals surface area contributed by atoms with Crippen molar-refractivity contribution in [1.82, 2.24) is 0 Å². The van der Waals surface area contributed by atoms with E-state index < -0.39 is 87.0 Å². The molecule has 0 saturated heterocycles. The minimum atomic E-state index is -5.28. The molecule has 8 aromatic carbocycles. The third-order valence-corrected chi connectivity index (χ3v) is 15.2. The van der Waals surface area contributed by atoms with Crippen molar-refractivity contribution < 1.29 is 59.9 Å². The van der Waals surface area contributed by atoms with Crippen LogP contribution in [-0.4, -0.2) is 41.0 Å². The lowest BCUT2D eigenvalue weighted by molar-refractivity contribution is -0.139. The van der Waals surface area contributed by atoms with Gasteiger partial charge in [-0.3, -0.25) is 33.6 Å². The number of alkyl halides is 6. The highest BCUT2D eigenvalue weighted by Gasteiger charge is 2.40. The van der Waals surface area contributed by atoms with E-state index in [4.69, 9.17) is 57.9 Å². The van der Waals surface area contributed by atoms with Gasteiger partial charge in [0.05, 0.1) is 70.7 Å². The molecule has 0 saturated carbocycles. The largest absolute Gasteiger partial charge is 0.417 e. The maximum absolute atomic E-state index is 14.8. The Morgan fingerprint density at radius 2 is 0.765 bits per heavy atom. The van der Waals surface area contributed by atoms with E-state index in [1.807, 2.05) is 0 Å². The molecular formula is C58H32Cl4F6N6O7. The number of nitrogen functional groups attached to an aromatic ring is 2. The van der Waals surface area contributed by atoms with Crippen LogP contribution in [0, 0.1) is 0 Å². The van der Waals surface area contributed by atoms with E-state index in [1.165, 1.54) is 42.5 Å². The van der Waals surface area contributed by atoms with E-state index in [1.54, 1.807) is 30.3 Å². The number of ketones is 3. The van der Waals surface area contributed by atoms with Crippen molar-refractivity contribution in [2.45, 2.75) is 18.8 Å². The van der Waals surface area contributed by atoms with Crippen LogP contribution in [0.1, 0.15) is 111 Å². The average Bonchev–Trinajstić information content (AvgIpc) is 3.01. The van der Waals surface area contributed by atoms with Gasteiger partial charge in [0, 0.05) is 56.7 Å².